The fourth-order valence-corrected chi connectivity index (χ4v) is 3.94. The summed E-state index contributed by atoms with van der Waals surface area (Å²) in [6.07, 6.45) is 0.0141. The van der Waals surface area contributed by atoms with Gasteiger partial charge in [-0.25, -0.2) is 0 Å². The Bertz CT molecular complexity index is 1250. The fourth-order valence-electron chi connectivity index (χ4n) is 3.94. The van der Waals surface area contributed by atoms with Gasteiger partial charge in [-0.1, -0.05) is 42.0 Å². The summed E-state index contributed by atoms with van der Waals surface area (Å²) >= 11 is 0. The van der Waals surface area contributed by atoms with Gasteiger partial charge < -0.3 is 5.32 Å². The van der Waals surface area contributed by atoms with Gasteiger partial charge in [-0.3, -0.25) is 29.4 Å². The SMILES string of the molecule is Cc1ccc(NC(=O)C(Cc2ccc([N+](=O)[O-])cc2)N2C(=O)c3ccccc3C2=O)c(C)c1. The van der Waals surface area contributed by atoms with Crippen LogP contribution in [-0.4, -0.2) is 33.6 Å². The number of anilines is 1. The van der Waals surface area contributed by atoms with Crippen LogP contribution in [0.2, 0.25) is 0 Å². The van der Waals surface area contributed by atoms with Crippen LogP contribution >= 0.6 is 0 Å². The van der Waals surface area contributed by atoms with Crippen LogP contribution in [0.4, 0.5) is 11.4 Å². The highest BCUT2D eigenvalue weighted by Gasteiger charge is 2.42. The third kappa shape index (κ3) is 4.23. The van der Waals surface area contributed by atoms with Crippen LogP contribution in [0.15, 0.2) is 66.7 Å². The van der Waals surface area contributed by atoms with Crippen molar-refractivity contribution in [1.82, 2.24) is 4.90 Å². The van der Waals surface area contributed by atoms with E-state index in [0.717, 1.165) is 16.0 Å². The van der Waals surface area contributed by atoms with E-state index in [4.69, 9.17) is 0 Å². The van der Waals surface area contributed by atoms with Crippen molar-refractivity contribution >= 4 is 29.1 Å². The second-order valence-corrected chi connectivity index (χ2v) is 7.98. The fraction of sp³-hybridized carbons (Fsp3) is 0.160. The first kappa shape index (κ1) is 21.9. The number of imide groups is 1. The minimum Gasteiger partial charge on any atom is -0.324 e. The van der Waals surface area contributed by atoms with Crippen LogP contribution in [0.3, 0.4) is 0 Å². The number of nitrogens with one attached hydrogen (secondary N) is 1. The number of nitro groups is 1. The quantitative estimate of drug-likeness (QED) is 0.351. The van der Waals surface area contributed by atoms with E-state index >= 15 is 0 Å². The van der Waals surface area contributed by atoms with Gasteiger partial charge in [0.2, 0.25) is 5.91 Å². The lowest BCUT2D eigenvalue weighted by Crippen LogP contribution is -2.48. The molecule has 0 spiro atoms. The zero-order chi connectivity index (χ0) is 23.7. The third-order valence-corrected chi connectivity index (χ3v) is 5.66. The summed E-state index contributed by atoms with van der Waals surface area (Å²) in [5, 5.41) is 13.8. The maximum Gasteiger partial charge on any atom is 0.269 e. The van der Waals surface area contributed by atoms with Gasteiger partial charge in [0.05, 0.1) is 16.1 Å². The molecule has 0 bridgehead atoms. The number of hydrogen-bond acceptors (Lipinski definition) is 5. The number of benzene rings is 3. The van der Waals surface area contributed by atoms with Gasteiger partial charge in [0.15, 0.2) is 0 Å². The second-order valence-electron chi connectivity index (χ2n) is 7.98. The normalized spacial score (nSPS) is 13.6. The van der Waals surface area contributed by atoms with Gasteiger partial charge in [0.1, 0.15) is 6.04 Å². The summed E-state index contributed by atoms with van der Waals surface area (Å²) in [6, 6.07) is 16.5. The lowest BCUT2D eigenvalue weighted by Gasteiger charge is -2.26. The minimum atomic E-state index is -1.14. The summed E-state index contributed by atoms with van der Waals surface area (Å²) in [7, 11) is 0. The molecule has 33 heavy (non-hydrogen) atoms. The van der Waals surface area contributed by atoms with Crippen molar-refractivity contribution in [1.29, 1.82) is 0 Å². The molecule has 0 fully saturated rings. The average molecular weight is 443 g/mol. The zero-order valence-corrected chi connectivity index (χ0v) is 18.1. The Kier molecular flexibility index (Phi) is 5.74. The van der Waals surface area contributed by atoms with Gasteiger partial charge in [-0.15, -0.1) is 0 Å². The highest BCUT2D eigenvalue weighted by atomic mass is 16.6. The van der Waals surface area contributed by atoms with Crippen molar-refractivity contribution in [3.8, 4) is 0 Å². The molecular weight excluding hydrogens is 422 g/mol. The monoisotopic (exact) mass is 443 g/mol. The molecule has 0 radical (unpaired) electrons. The van der Waals surface area contributed by atoms with Crippen molar-refractivity contribution < 1.29 is 19.3 Å². The number of hydrogen-bond donors (Lipinski definition) is 1. The molecule has 1 unspecified atom stereocenters. The van der Waals surface area contributed by atoms with Crippen LogP contribution < -0.4 is 5.32 Å². The first-order valence-electron chi connectivity index (χ1n) is 10.3. The van der Waals surface area contributed by atoms with E-state index in [9.17, 15) is 24.5 Å². The molecule has 3 amide bonds. The Hall–Kier alpha value is -4.33. The Morgan fingerprint density at radius 3 is 2.12 bits per heavy atom. The van der Waals surface area contributed by atoms with E-state index in [1.165, 1.54) is 24.3 Å². The summed E-state index contributed by atoms with van der Waals surface area (Å²) in [5.74, 6) is -1.61. The summed E-state index contributed by atoms with van der Waals surface area (Å²) in [5.41, 5.74) is 3.45. The molecule has 1 N–H and O–H groups in total. The van der Waals surface area contributed by atoms with E-state index in [0.29, 0.717) is 11.3 Å². The molecule has 166 valence electrons. The van der Waals surface area contributed by atoms with E-state index in [1.807, 2.05) is 26.0 Å². The first-order chi connectivity index (χ1) is 15.8. The van der Waals surface area contributed by atoms with Gasteiger partial charge in [0, 0.05) is 24.2 Å². The smallest absolute Gasteiger partial charge is 0.269 e. The molecule has 4 rings (SSSR count). The molecule has 3 aromatic carbocycles. The topological polar surface area (TPSA) is 110 Å². The van der Waals surface area contributed by atoms with E-state index < -0.39 is 28.7 Å². The molecule has 1 aliphatic heterocycles. The number of aryl methyl sites for hydroxylation is 2. The largest absolute Gasteiger partial charge is 0.324 e. The first-order valence-corrected chi connectivity index (χ1v) is 10.3. The number of rotatable bonds is 6. The predicted molar refractivity (Wildman–Crippen MR) is 122 cm³/mol. The van der Waals surface area contributed by atoms with Crippen molar-refractivity contribution in [3.05, 3.63) is 105 Å². The number of amides is 3. The number of non-ortho nitro benzene ring substituents is 1. The van der Waals surface area contributed by atoms with Gasteiger partial charge in [0.25, 0.3) is 17.5 Å². The summed E-state index contributed by atoms with van der Waals surface area (Å²) < 4.78 is 0. The van der Waals surface area contributed by atoms with Gasteiger partial charge in [-0.2, -0.15) is 0 Å². The van der Waals surface area contributed by atoms with Crippen molar-refractivity contribution in [2.24, 2.45) is 0 Å². The molecule has 0 saturated heterocycles. The molecule has 0 aliphatic carbocycles. The maximum atomic E-state index is 13.4. The Morgan fingerprint density at radius 1 is 0.970 bits per heavy atom. The van der Waals surface area contributed by atoms with Crippen LogP contribution in [0.1, 0.15) is 37.4 Å². The van der Waals surface area contributed by atoms with E-state index in [1.54, 1.807) is 30.3 Å². The molecule has 8 heteroatoms. The molecule has 8 nitrogen and oxygen atoms in total. The average Bonchev–Trinajstić information content (AvgIpc) is 3.04. The molecule has 1 atom stereocenters. The number of carbonyl (C=O) groups excluding carboxylic acids is 3. The predicted octanol–water partition coefficient (Wildman–Crippen LogP) is 4.06. The van der Waals surface area contributed by atoms with Crippen molar-refractivity contribution in [2.75, 3.05) is 5.32 Å². The Labute approximate surface area is 190 Å². The van der Waals surface area contributed by atoms with E-state index in [2.05, 4.69) is 5.32 Å². The highest BCUT2D eigenvalue weighted by Crippen LogP contribution is 2.27. The molecule has 1 heterocycles. The van der Waals surface area contributed by atoms with Gasteiger partial charge >= 0.3 is 0 Å². The highest BCUT2D eigenvalue weighted by molar-refractivity contribution is 6.23. The maximum absolute atomic E-state index is 13.4. The van der Waals surface area contributed by atoms with Crippen LogP contribution in [0, 0.1) is 24.0 Å². The summed E-state index contributed by atoms with van der Waals surface area (Å²) in [4.78, 5) is 51.0. The Morgan fingerprint density at radius 2 is 1.58 bits per heavy atom. The second kappa shape index (κ2) is 8.66. The van der Waals surface area contributed by atoms with Crippen LogP contribution in [0.25, 0.3) is 0 Å². The van der Waals surface area contributed by atoms with Gasteiger partial charge in [-0.05, 0) is 43.2 Å². The lowest BCUT2D eigenvalue weighted by atomic mass is 10.0. The standard InChI is InChI=1S/C25H21N3O5/c1-15-7-12-21(16(2)13-15)26-23(29)22(14-17-8-10-18(11-9-17)28(32)33)27-24(30)19-5-3-4-6-20(19)25(27)31/h3-13,22H,14H2,1-2H3,(H,26,29). The third-order valence-electron chi connectivity index (χ3n) is 5.66. The van der Waals surface area contributed by atoms with Crippen molar-refractivity contribution in [3.63, 3.8) is 0 Å². The van der Waals surface area contributed by atoms with Crippen LogP contribution in [0.5, 0.6) is 0 Å². The summed E-state index contributed by atoms with van der Waals surface area (Å²) in [6.45, 7) is 3.80. The molecular formula is C25H21N3O5. The van der Waals surface area contributed by atoms with E-state index in [-0.39, 0.29) is 23.2 Å². The minimum absolute atomic E-state index is 0.0141. The van der Waals surface area contributed by atoms with Crippen LogP contribution in [-0.2, 0) is 11.2 Å². The number of nitrogens with zero attached hydrogens (tertiary/aromatic N) is 2. The molecule has 0 saturated carbocycles. The molecule has 1 aliphatic rings. The number of fused-ring (bicyclic) bond motifs is 1. The number of nitro benzene ring substituents is 1. The van der Waals surface area contributed by atoms with Crippen molar-refractivity contribution in [2.45, 2.75) is 26.3 Å². The zero-order valence-electron chi connectivity index (χ0n) is 18.1. The Balaban J connectivity index is 1.69. The molecule has 0 aromatic heterocycles. The lowest BCUT2D eigenvalue weighted by molar-refractivity contribution is -0.384. The molecule has 3 aromatic rings. The number of carbonyl (C=O) groups is 3.